The summed E-state index contributed by atoms with van der Waals surface area (Å²) in [7, 11) is 0. The second kappa shape index (κ2) is 7.59. The predicted octanol–water partition coefficient (Wildman–Crippen LogP) is 4.01. The molecule has 1 aromatic heterocycles. The second-order valence-electron chi connectivity index (χ2n) is 5.50. The molecular weight excluding hydrogens is 302 g/mol. The molecule has 1 heterocycles. The fourth-order valence-electron chi connectivity index (χ4n) is 2.49. The number of aryl methyl sites for hydroxylation is 1. The van der Waals surface area contributed by atoms with Crippen molar-refractivity contribution in [3.05, 3.63) is 71.6 Å². The smallest absolute Gasteiger partial charge is 0.226 e. The van der Waals surface area contributed by atoms with Gasteiger partial charge < -0.3 is 13.9 Å². The lowest BCUT2D eigenvalue weighted by molar-refractivity contribution is -0.107. The van der Waals surface area contributed by atoms with Crippen molar-refractivity contribution in [2.75, 3.05) is 6.61 Å². The molecule has 0 aliphatic heterocycles. The maximum atomic E-state index is 10.6. The van der Waals surface area contributed by atoms with Crippen molar-refractivity contribution in [1.29, 1.82) is 0 Å². The molecule has 4 nitrogen and oxygen atoms in total. The van der Waals surface area contributed by atoms with Crippen molar-refractivity contribution < 1.29 is 13.9 Å². The zero-order chi connectivity index (χ0) is 16.8. The van der Waals surface area contributed by atoms with Crippen LogP contribution in [-0.2, 0) is 17.6 Å². The second-order valence-corrected chi connectivity index (χ2v) is 5.50. The number of ether oxygens (including phenoxy) is 1. The molecule has 0 saturated carbocycles. The quantitative estimate of drug-likeness (QED) is 0.617. The SMILES string of the molecule is Cc1oc(-c2ccccc2)nc1CCOc1cccc(CC=O)c1. The van der Waals surface area contributed by atoms with Gasteiger partial charge in [0.25, 0.3) is 0 Å². The van der Waals surface area contributed by atoms with Crippen LogP contribution in [0.4, 0.5) is 0 Å². The van der Waals surface area contributed by atoms with E-state index in [4.69, 9.17) is 9.15 Å². The first-order chi connectivity index (χ1) is 11.8. The third kappa shape index (κ3) is 3.90. The van der Waals surface area contributed by atoms with E-state index >= 15 is 0 Å². The molecule has 0 aliphatic rings. The zero-order valence-corrected chi connectivity index (χ0v) is 13.6. The highest BCUT2D eigenvalue weighted by Gasteiger charge is 2.11. The molecule has 0 spiro atoms. The van der Waals surface area contributed by atoms with Gasteiger partial charge in [-0.05, 0) is 36.8 Å². The van der Waals surface area contributed by atoms with Crippen molar-refractivity contribution in [2.45, 2.75) is 19.8 Å². The lowest BCUT2D eigenvalue weighted by atomic mass is 10.1. The minimum Gasteiger partial charge on any atom is -0.493 e. The first kappa shape index (κ1) is 16.0. The normalized spacial score (nSPS) is 10.5. The van der Waals surface area contributed by atoms with Gasteiger partial charge in [0.05, 0.1) is 12.3 Å². The first-order valence-electron chi connectivity index (χ1n) is 7.93. The molecule has 3 aromatic rings. The van der Waals surface area contributed by atoms with Gasteiger partial charge in [0, 0.05) is 18.4 Å². The Morgan fingerprint density at radius 2 is 1.96 bits per heavy atom. The van der Waals surface area contributed by atoms with E-state index in [1.54, 1.807) is 0 Å². The summed E-state index contributed by atoms with van der Waals surface area (Å²) >= 11 is 0. The van der Waals surface area contributed by atoms with E-state index in [0.29, 0.717) is 25.3 Å². The molecule has 0 radical (unpaired) electrons. The monoisotopic (exact) mass is 321 g/mol. The fourth-order valence-corrected chi connectivity index (χ4v) is 2.49. The lowest BCUT2D eigenvalue weighted by Crippen LogP contribution is -2.03. The molecule has 0 unspecified atom stereocenters. The van der Waals surface area contributed by atoms with E-state index in [0.717, 1.165) is 34.6 Å². The summed E-state index contributed by atoms with van der Waals surface area (Å²) in [5.74, 6) is 2.21. The lowest BCUT2D eigenvalue weighted by Gasteiger charge is -2.06. The summed E-state index contributed by atoms with van der Waals surface area (Å²) in [6.07, 6.45) is 1.96. The average Bonchev–Trinajstić information content (AvgIpc) is 2.97. The average molecular weight is 321 g/mol. The van der Waals surface area contributed by atoms with Gasteiger partial charge >= 0.3 is 0 Å². The van der Waals surface area contributed by atoms with Crippen LogP contribution < -0.4 is 4.74 Å². The fraction of sp³-hybridized carbons (Fsp3) is 0.200. The number of carbonyl (C=O) groups excluding carboxylic acids is 1. The number of hydrogen-bond donors (Lipinski definition) is 0. The number of rotatable bonds is 7. The maximum Gasteiger partial charge on any atom is 0.226 e. The van der Waals surface area contributed by atoms with Crippen LogP contribution in [0.2, 0.25) is 0 Å². The van der Waals surface area contributed by atoms with Crippen LogP contribution in [-0.4, -0.2) is 17.9 Å². The van der Waals surface area contributed by atoms with Gasteiger partial charge in [-0.25, -0.2) is 4.98 Å². The first-order valence-corrected chi connectivity index (χ1v) is 7.93. The van der Waals surface area contributed by atoms with E-state index in [1.807, 2.05) is 61.5 Å². The number of oxazole rings is 1. The molecule has 2 aromatic carbocycles. The Hall–Kier alpha value is -2.88. The summed E-state index contributed by atoms with van der Waals surface area (Å²) in [5.41, 5.74) is 2.82. The highest BCUT2D eigenvalue weighted by atomic mass is 16.5. The molecule has 0 bridgehead atoms. The van der Waals surface area contributed by atoms with Crippen LogP contribution in [0.1, 0.15) is 17.0 Å². The molecule has 3 rings (SSSR count). The number of aldehydes is 1. The number of benzene rings is 2. The van der Waals surface area contributed by atoms with Gasteiger partial charge in [0.15, 0.2) is 0 Å². The largest absolute Gasteiger partial charge is 0.493 e. The Kier molecular flexibility index (Phi) is 5.06. The van der Waals surface area contributed by atoms with Crippen LogP contribution in [0.5, 0.6) is 5.75 Å². The van der Waals surface area contributed by atoms with Crippen molar-refractivity contribution in [1.82, 2.24) is 4.98 Å². The molecule has 122 valence electrons. The van der Waals surface area contributed by atoms with E-state index in [2.05, 4.69) is 4.98 Å². The molecule has 24 heavy (non-hydrogen) atoms. The summed E-state index contributed by atoms with van der Waals surface area (Å²) in [6, 6.07) is 17.4. The molecule has 0 amide bonds. The van der Waals surface area contributed by atoms with E-state index < -0.39 is 0 Å². The number of aromatic nitrogens is 1. The van der Waals surface area contributed by atoms with Crippen LogP contribution >= 0.6 is 0 Å². The molecular formula is C20H19NO3. The van der Waals surface area contributed by atoms with Crippen molar-refractivity contribution in [2.24, 2.45) is 0 Å². The third-order valence-electron chi connectivity index (χ3n) is 3.74. The zero-order valence-electron chi connectivity index (χ0n) is 13.6. The van der Waals surface area contributed by atoms with Gasteiger partial charge in [-0.2, -0.15) is 0 Å². The number of nitrogens with zero attached hydrogens (tertiary/aromatic N) is 1. The Bertz CT molecular complexity index is 809. The summed E-state index contributed by atoms with van der Waals surface area (Å²) < 4.78 is 11.5. The van der Waals surface area contributed by atoms with Crippen LogP contribution in [0.15, 0.2) is 59.0 Å². The van der Waals surface area contributed by atoms with Crippen molar-refractivity contribution in [3.8, 4) is 17.2 Å². The van der Waals surface area contributed by atoms with Crippen molar-refractivity contribution in [3.63, 3.8) is 0 Å². The topological polar surface area (TPSA) is 52.3 Å². The van der Waals surface area contributed by atoms with E-state index in [1.165, 1.54) is 0 Å². The molecule has 0 aliphatic carbocycles. The Balaban J connectivity index is 1.62. The Morgan fingerprint density at radius 3 is 2.75 bits per heavy atom. The summed E-state index contributed by atoms with van der Waals surface area (Å²) in [5, 5.41) is 0. The Morgan fingerprint density at radius 1 is 1.12 bits per heavy atom. The third-order valence-corrected chi connectivity index (χ3v) is 3.74. The molecule has 0 saturated heterocycles. The molecule has 4 heteroatoms. The summed E-state index contributed by atoms with van der Waals surface area (Å²) in [4.78, 5) is 15.1. The highest BCUT2D eigenvalue weighted by molar-refractivity contribution is 5.55. The van der Waals surface area contributed by atoms with Gasteiger partial charge in [0.2, 0.25) is 5.89 Å². The minimum absolute atomic E-state index is 0.403. The van der Waals surface area contributed by atoms with Gasteiger partial charge in [-0.3, -0.25) is 0 Å². The van der Waals surface area contributed by atoms with Crippen LogP contribution in [0, 0.1) is 6.92 Å². The van der Waals surface area contributed by atoms with Gasteiger partial charge in [-0.1, -0.05) is 30.3 Å². The van der Waals surface area contributed by atoms with Crippen LogP contribution in [0.25, 0.3) is 11.5 Å². The number of carbonyl (C=O) groups is 1. The Labute approximate surface area is 141 Å². The standard InChI is InChI=1S/C20H19NO3/c1-15-19(21-20(24-15)17-7-3-2-4-8-17)11-13-23-18-9-5-6-16(14-18)10-12-22/h2-9,12,14H,10-11,13H2,1H3. The predicted molar refractivity (Wildman–Crippen MR) is 92.1 cm³/mol. The van der Waals surface area contributed by atoms with E-state index in [-0.39, 0.29) is 0 Å². The molecule has 0 N–H and O–H groups in total. The van der Waals surface area contributed by atoms with Gasteiger partial charge in [0.1, 0.15) is 17.8 Å². The number of hydrogen-bond acceptors (Lipinski definition) is 4. The summed E-state index contributed by atoms with van der Waals surface area (Å²) in [6.45, 7) is 2.42. The molecule has 0 fully saturated rings. The van der Waals surface area contributed by atoms with Crippen molar-refractivity contribution >= 4 is 6.29 Å². The van der Waals surface area contributed by atoms with Crippen LogP contribution in [0.3, 0.4) is 0 Å². The molecule has 0 atom stereocenters. The van der Waals surface area contributed by atoms with Gasteiger partial charge in [-0.15, -0.1) is 0 Å². The minimum atomic E-state index is 0.403. The highest BCUT2D eigenvalue weighted by Crippen LogP contribution is 2.22. The maximum absolute atomic E-state index is 10.6. The van der Waals surface area contributed by atoms with E-state index in [9.17, 15) is 4.79 Å².